The zero-order valence-corrected chi connectivity index (χ0v) is 24.7. The fourth-order valence-corrected chi connectivity index (χ4v) is 5.94. The zero-order valence-electron chi connectivity index (χ0n) is 23.7. The first-order valence-electron chi connectivity index (χ1n) is 13.7. The van der Waals surface area contributed by atoms with Gasteiger partial charge in [-0.3, -0.25) is 19.4 Å². The Bertz CT molecular complexity index is 1410. The number of piperidine rings is 1. The number of nitrogens with one attached hydrogen (secondary N) is 1. The highest BCUT2D eigenvalue weighted by atomic mass is 28.4. The molecule has 2 aliphatic rings. The second-order valence-electron chi connectivity index (χ2n) is 12.0. The largest absolute Gasteiger partial charge is 0.543 e. The first-order valence-corrected chi connectivity index (χ1v) is 16.6. The molecule has 0 saturated carbocycles. The topological polar surface area (TPSA) is 91.8 Å². The van der Waals surface area contributed by atoms with E-state index in [9.17, 15) is 14.4 Å². The number of pyridine rings is 1. The van der Waals surface area contributed by atoms with Gasteiger partial charge in [0.15, 0.2) is 0 Å². The minimum atomic E-state index is -2.18. The first-order chi connectivity index (χ1) is 19.0. The highest BCUT2D eigenvalue weighted by Crippen LogP contribution is 2.41. The van der Waals surface area contributed by atoms with Crippen molar-refractivity contribution in [3.8, 4) is 5.75 Å². The molecule has 2 aromatic carbocycles. The van der Waals surface area contributed by atoms with E-state index in [0.717, 1.165) is 23.7 Å². The first kappa shape index (κ1) is 27.6. The number of hydrogen-bond acceptors (Lipinski definition) is 6. The lowest BCUT2D eigenvalue weighted by molar-refractivity contribution is -0.120. The van der Waals surface area contributed by atoms with Crippen LogP contribution >= 0.6 is 0 Å². The molecule has 208 valence electrons. The summed E-state index contributed by atoms with van der Waals surface area (Å²) in [7, 11) is -2.18. The third kappa shape index (κ3) is 5.25. The summed E-state index contributed by atoms with van der Waals surface area (Å²) in [6, 6.07) is 16.0. The quantitative estimate of drug-likeness (QED) is 0.290. The van der Waals surface area contributed by atoms with Crippen molar-refractivity contribution in [3.63, 3.8) is 0 Å². The Morgan fingerprint density at radius 1 is 0.950 bits per heavy atom. The molecular formula is C31H36N4O4Si. The van der Waals surface area contributed by atoms with Crippen molar-refractivity contribution in [1.82, 2.24) is 4.98 Å². The molecule has 0 unspecified atom stereocenters. The summed E-state index contributed by atoms with van der Waals surface area (Å²) in [5, 5.41) is 3.04. The summed E-state index contributed by atoms with van der Waals surface area (Å²) < 4.78 is 6.52. The third-order valence-corrected chi connectivity index (χ3v) is 12.7. The molecule has 1 aromatic heterocycles. The second kappa shape index (κ2) is 10.5. The minimum absolute atomic E-state index is 0.0274. The van der Waals surface area contributed by atoms with Gasteiger partial charge in [-0.25, -0.2) is 4.90 Å². The summed E-state index contributed by atoms with van der Waals surface area (Å²) in [4.78, 5) is 47.7. The molecular weight excluding hydrogens is 520 g/mol. The van der Waals surface area contributed by atoms with Crippen LogP contribution in [0.5, 0.6) is 5.75 Å². The highest BCUT2D eigenvalue weighted by molar-refractivity contribution is 6.74. The van der Waals surface area contributed by atoms with Gasteiger partial charge >= 0.3 is 0 Å². The zero-order chi connectivity index (χ0) is 28.7. The van der Waals surface area contributed by atoms with Crippen LogP contribution < -0.4 is 19.5 Å². The highest BCUT2D eigenvalue weighted by Gasteiger charge is 2.40. The Labute approximate surface area is 236 Å². The Balaban J connectivity index is 1.42. The average molecular weight is 557 g/mol. The Hall–Kier alpha value is -3.98. The van der Waals surface area contributed by atoms with Crippen LogP contribution in [0.4, 0.5) is 17.1 Å². The number of carbonyl (C=O) groups excluding carboxylic acids is 3. The minimum Gasteiger partial charge on any atom is -0.543 e. The van der Waals surface area contributed by atoms with Crippen molar-refractivity contribution in [3.05, 3.63) is 78.1 Å². The van der Waals surface area contributed by atoms with Crippen molar-refractivity contribution >= 4 is 43.1 Å². The molecule has 0 atom stereocenters. The molecule has 3 heterocycles. The van der Waals surface area contributed by atoms with E-state index in [0.29, 0.717) is 41.1 Å². The smallest absolute Gasteiger partial charge is 0.266 e. The maximum absolute atomic E-state index is 13.6. The maximum atomic E-state index is 13.6. The fraction of sp³-hybridized carbons (Fsp3) is 0.355. The summed E-state index contributed by atoms with van der Waals surface area (Å²) in [6.07, 6.45) is 4.93. The summed E-state index contributed by atoms with van der Waals surface area (Å²) in [6.45, 7) is 12.3. The molecule has 5 rings (SSSR count). The number of nitrogens with zero attached hydrogens (tertiary/aromatic N) is 3. The van der Waals surface area contributed by atoms with Crippen LogP contribution in [0.15, 0.2) is 67.0 Å². The van der Waals surface area contributed by atoms with E-state index < -0.39 is 20.1 Å². The number of hydrogen-bond donors (Lipinski definition) is 1. The van der Waals surface area contributed by atoms with Crippen molar-refractivity contribution in [1.29, 1.82) is 0 Å². The number of rotatable bonds is 6. The van der Waals surface area contributed by atoms with Crippen molar-refractivity contribution in [2.24, 2.45) is 5.92 Å². The van der Waals surface area contributed by atoms with Crippen molar-refractivity contribution in [2.75, 3.05) is 28.2 Å². The lowest BCUT2D eigenvalue weighted by Gasteiger charge is -2.36. The summed E-state index contributed by atoms with van der Waals surface area (Å²) in [5.41, 5.74) is 2.55. The molecule has 2 aliphatic heterocycles. The molecule has 0 bridgehead atoms. The lowest BCUT2D eigenvalue weighted by atomic mass is 9.95. The Morgan fingerprint density at radius 2 is 1.55 bits per heavy atom. The number of fused-ring (bicyclic) bond motifs is 1. The predicted octanol–water partition coefficient (Wildman–Crippen LogP) is 6.12. The molecule has 1 saturated heterocycles. The Kier molecular flexibility index (Phi) is 7.26. The molecule has 8 nitrogen and oxygen atoms in total. The van der Waals surface area contributed by atoms with Crippen LogP contribution in [0.3, 0.4) is 0 Å². The molecule has 0 spiro atoms. The van der Waals surface area contributed by atoms with Crippen LogP contribution in [0, 0.1) is 5.92 Å². The second-order valence-corrected chi connectivity index (χ2v) is 16.7. The van der Waals surface area contributed by atoms with Crippen LogP contribution in [0.1, 0.15) is 54.3 Å². The van der Waals surface area contributed by atoms with Gasteiger partial charge in [0, 0.05) is 43.2 Å². The van der Waals surface area contributed by atoms with Crippen LogP contribution in [0.2, 0.25) is 18.1 Å². The maximum Gasteiger partial charge on any atom is 0.266 e. The van der Waals surface area contributed by atoms with Crippen molar-refractivity contribution < 1.29 is 18.8 Å². The summed E-state index contributed by atoms with van der Waals surface area (Å²) >= 11 is 0. The van der Waals surface area contributed by atoms with Gasteiger partial charge in [-0.2, -0.15) is 0 Å². The van der Waals surface area contributed by atoms with Gasteiger partial charge in [0.05, 0.1) is 22.5 Å². The molecule has 40 heavy (non-hydrogen) atoms. The van der Waals surface area contributed by atoms with Gasteiger partial charge in [0.2, 0.25) is 14.2 Å². The number of aromatic nitrogens is 1. The van der Waals surface area contributed by atoms with Crippen LogP contribution in [-0.2, 0) is 4.79 Å². The van der Waals surface area contributed by atoms with Crippen molar-refractivity contribution in [2.45, 2.75) is 51.7 Å². The van der Waals surface area contributed by atoms with Gasteiger partial charge in [0.1, 0.15) is 5.75 Å². The van der Waals surface area contributed by atoms with E-state index in [-0.39, 0.29) is 16.9 Å². The molecule has 0 aliphatic carbocycles. The van der Waals surface area contributed by atoms with Gasteiger partial charge in [0.25, 0.3) is 11.8 Å². The predicted molar refractivity (Wildman–Crippen MR) is 160 cm³/mol. The standard InChI is InChI=1S/C31H36N4O4Si/c1-31(2,3)40(4,5)39-23-10-11-27(35-29(37)24-8-6-7-9-25(24)30(35)38)26(20-23)33-28(36)21-14-18-34(19-15-21)22-12-16-32-17-13-22/h6-13,16-17,20-21H,14-15,18-19H2,1-5H3,(H,33,36). The van der Waals surface area contributed by atoms with E-state index >= 15 is 0 Å². The molecule has 0 radical (unpaired) electrons. The molecule has 1 N–H and O–H groups in total. The number of amides is 3. The number of carbonyl (C=O) groups is 3. The number of imide groups is 1. The van der Waals surface area contributed by atoms with E-state index in [4.69, 9.17) is 4.43 Å². The molecule has 3 aromatic rings. The normalized spacial score (nSPS) is 16.2. The van der Waals surface area contributed by atoms with E-state index in [2.05, 4.69) is 49.1 Å². The number of benzene rings is 2. The van der Waals surface area contributed by atoms with E-state index in [1.807, 2.05) is 12.1 Å². The number of anilines is 3. The SMILES string of the molecule is CC(C)(C)[Si](C)(C)Oc1ccc(N2C(=O)c3ccccc3C2=O)c(NC(=O)C2CCN(c3ccncc3)CC2)c1. The van der Waals surface area contributed by atoms with Gasteiger partial charge in [-0.15, -0.1) is 0 Å². The van der Waals surface area contributed by atoms with Crippen LogP contribution in [0.25, 0.3) is 0 Å². The van der Waals surface area contributed by atoms with Crippen LogP contribution in [-0.4, -0.2) is 44.1 Å². The van der Waals surface area contributed by atoms with Gasteiger partial charge < -0.3 is 14.6 Å². The third-order valence-electron chi connectivity index (χ3n) is 8.33. The average Bonchev–Trinajstić information content (AvgIpc) is 3.18. The Morgan fingerprint density at radius 3 is 2.12 bits per heavy atom. The van der Waals surface area contributed by atoms with E-state index in [1.54, 1.807) is 54.9 Å². The molecule has 9 heteroatoms. The molecule has 3 amide bonds. The molecule has 1 fully saturated rings. The van der Waals surface area contributed by atoms with Gasteiger partial charge in [-0.05, 0) is 67.4 Å². The fourth-order valence-electron chi connectivity index (χ4n) is 4.92. The monoisotopic (exact) mass is 556 g/mol. The van der Waals surface area contributed by atoms with Gasteiger partial charge in [-0.1, -0.05) is 32.9 Å². The lowest BCUT2D eigenvalue weighted by Crippen LogP contribution is -2.43. The van der Waals surface area contributed by atoms with E-state index in [1.165, 1.54) is 0 Å². The summed E-state index contributed by atoms with van der Waals surface area (Å²) in [5.74, 6) is -0.524.